The lowest BCUT2D eigenvalue weighted by atomic mass is 9.86. The van der Waals surface area contributed by atoms with E-state index in [1.807, 2.05) is 60.7 Å². The molecule has 128 valence electrons. The molecular weight excluding hydrogens is 328 g/mol. The fourth-order valence-electron chi connectivity index (χ4n) is 2.85. The van der Waals surface area contributed by atoms with Gasteiger partial charge >= 0.3 is 0 Å². The van der Waals surface area contributed by atoms with Crippen molar-refractivity contribution in [1.82, 2.24) is 0 Å². The van der Waals surface area contributed by atoms with Crippen molar-refractivity contribution in [2.45, 2.75) is 11.7 Å². The standard InChI is InChI=1S/C18H20O5S/c1-24(19,20)22-13-17-12-21-14-18(23-17,15-8-4-2-5-9-15)16-10-6-3-7-11-16/h2-11,17H,12-14H2,1H3/t17-/m1/s1. The zero-order chi connectivity index (χ0) is 17.0. The Kier molecular flexibility index (Phi) is 5.01. The van der Waals surface area contributed by atoms with Crippen LogP contribution in [0.25, 0.3) is 0 Å². The SMILES string of the molecule is CS(=O)(=O)OC[C@H]1COCC(c2ccccc2)(c2ccccc2)O1. The molecule has 0 unspecified atom stereocenters. The van der Waals surface area contributed by atoms with Crippen molar-refractivity contribution in [2.75, 3.05) is 26.1 Å². The van der Waals surface area contributed by atoms with Gasteiger partial charge in [-0.25, -0.2) is 0 Å². The molecule has 1 fully saturated rings. The fourth-order valence-corrected chi connectivity index (χ4v) is 3.25. The van der Waals surface area contributed by atoms with Gasteiger partial charge in [0.25, 0.3) is 10.1 Å². The lowest BCUT2D eigenvalue weighted by molar-refractivity contribution is -0.192. The first-order chi connectivity index (χ1) is 11.5. The highest BCUT2D eigenvalue weighted by Crippen LogP contribution is 2.37. The molecule has 2 aromatic rings. The molecule has 0 aromatic heterocycles. The van der Waals surface area contributed by atoms with Crippen LogP contribution >= 0.6 is 0 Å². The van der Waals surface area contributed by atoms with E-state index in [1.54, 1.807) is 0 Å². The number of rotatable bonds is 5. The van der Waals surface area contributed by atoms with Crippen molar-refractivity contribution in [3.63, 3.8) is 0 Å². The Morgan fingerprint density at radius 2 is 1.58 bits per heavy atom. The fraction of sp³-hybridized carbons (Fsp3) is 0.333. The van der Waals surface area contributed by atoms with E-state index in [2.05, 4.69) is 0 Å². The second-order valence-electron chi connectivity index (χ2n) is 5.80. The number of benzene rings is 2. The van der Waals surface area contributed by atoms with E-state index in [1.165, 1.54) is 0 Å². The first kappa shape index (κ1) is 17.1. The van der Waals surface area contributed by atoms with Gasteiger partial charge in [-0.1, -0.05) is 60.7 Å². The molecule has 1 aliphatic heterocycles. The van der Waals surface area contributed by atoms with Crippen LogP contribution in [0.4, 0.5) is 0 Å². The predicted octanol–water partition coefficient (Wildman–Crippen LogP) is 2.32. The molecule has 0 spiro atoms. The Hall–Kier alpha value is -1.73. The molecule has 1 heterocycles. The highest BCUT2D eigenvalue weighted by Gasteiger charge is 2.41. The molecule has 1 atom stereocenters. The monoisotopic (exact) mass is 348 g/mol. The third-order valence-corrected chi connectivity index (χ3v) is 4.49. The first-order valence-electron chi connectivity index (χ1n) is 7.71. The van der Waals surface area contributed by atoms with E-state index in [9.17, 15) is 8.42 Å². The van der Waals surface area contributed by atoms with Crippen LogP contribution in [0.15, 0.2) is 60.7 Å². The Bertz CT molecular complexity index is 719. The van der Waals surface area contributed by atoms with Crippen molar-refractivity contribution in [2.24, 2.45) is 0 Å². The summed E-state index contributed by atoms with van der Waals surface area (Å²) in [6.07, 6.45) is 0.548. The Labute approximate surface area is 142 Å². The zero-order valence-electron chi connectivity index (χ0n) is 13.4. The van der Waals surface area contributed by atoms with Crippen LogP contribution in [0, 0.1) is 0 Å². The predicted molar refractivity (Wildman–Crippen MR) is 90.2 cm³/mol. The summed E-state index contributed by atoms with van der Waals surface area (Å²) >= 11 is 0. The summed E-state index contributed by atoms with van der Waals surface area (Å²) in [5.41, 5.74) is 1.13. The largest absolute Gasteiger partial charge is 0.375 e. The quantitative estimate of drug-likeness (QED) is 0.776. The van der Waals surface area contributed by atoms with Gasteiger partial charge in [-0.2, -0.15) is 8.42 Å². The van der Waals surface area contributed by atoms with Crippen molar-refractivity contribution < 1.29 is 22.1 Å². The molecule has 24 heavy (non-hydrogen) atoms. The summed E-state index contributed by atoms with van der Waals surface area (Å²) in [4.78, 5) is 0. The van der Waals surface area contributed by atoms with Crippen LogP contribution in [0.3, 0.4) is 0 Å². The minimum atomic E-state index is -3.53. The van der Waals surface area contributed by atoms with E-state index in [-0.39, 0.29) is 13.2 Å². The van der Waals surface area contributed by atoms with Crippen LogP contribution in [-0.2, 0) is 29.4 Å². The van der Waals surface area contributed by atoms with Gasteiger partial charge in [0.2, 0.25) is 0 Å². The molecule has 0 N–H and O–H groups in total. The van der Waals surface area contributed by atoms with Gasteiger partial charge in [-0.3, -0.25) is 4.18 Å². The normalized spacial score (nSPS) is 20.6. The summed E-state index contributed by atoms with van der Waals surface area (Å²) in [5, 5.41) is 0. The average molecular weight is 348 g/mol. The Morgan fingerprint density at radius 3 is 2.08 bits per heavy atom. The summed E-state index contributed by atoms with van der Waals surface area (Å²) in [6.45, 7) is 0.577. The Morgan fingerprint density at radius 1 is 1.04 bits per heavy atom. The maximum atomic E-state index is 11.3. The van der Waals surface area contributed by atoms with E-state index in [4.69, 9.17) is 13.7 Å². The molecule has 2 aromatic carbocycles. The van der Waals surface area contributed by atoms with Gasteiger partial charge in [-0.05, 0) is 11.1 Å². The van der Waals surface area contributed by atoms with Crippen molar-refractivity contribution in [3.8, 4) is 0 Å². The molecular formula is C18H20O5S. The van der Waals surface area contributed by atoms with E-state index < -0.39 is 21.8 Å². The van der Waals surface area contributed by atoms with Crippen LogP contribution in [-0.4, -0.2) is 40.6 Å². The zero-order valence-corrected chi connectivity index (χ0v) is 14.2. The van der Waals surface area contributed by atoms with Gasteiger partial charge in [0, 0.05) is 0 Å². The van der Waals surface area contributed by atoms with Gasteiger partial charge in [0.15, 0.2) is 0 Å². The minimum Gasteiger partial charge on any atom is -0.375 e. The molecule has 0 radical (unpaired) electrons. The van der Waals surface area contributed by atoms with Gasteiger partial charge in [0.05, 0.1) is 26.1 Å². The van der Waals surface area contributed by atoms with E-state index in [0.29, 0.717) is 6.61 Å². The lowest BCUT2D eigenvalue weighted by Crippen LogP contribution is -2.48. The molecule has 1 aliphatic rings. The highest BCUT2D eigenvalue weighted by atomic mass is 32.2. The van der Waals surface area contributed by atoms with Crippen molar-refractivity contribution >= 4 is 10.1 Å². The third-order valence-electron chi connectivity index (χ3n) is 3.93. The maximum absolute atomic E-state index is 11.3. The average Bonchev–Trinajstić information content (AvgIpc) is 2.61. The van der Waals surface area contributed by atoms with Crippen molar-refractivity contribution in [3.05, 3.63) is 71.8 Å². The summed E-state index contributed by atoms with van der Waals surface area (Å²) in [5.74, 6) is 0. The van der Waals surface area contributed by atoms with Gasteiger partial charge < -0.3 is 9.47 Å². The lowest BCUT2D eigenvalue weighted by Gasteiger charge is -2.41. The van der Waals surface area contributed by atoms with E-state index >= 15 is 0 Å². The van der Waals surface area contributed by atoms with Crippen LogP contribution in [0.1, 0.15) is 11.1 Å². The second kappa shape index (κ2) is 7.03. The highest BCUT2D eigenvalue weighted by molar-refractivity contribution is 7.85. The van der Waals surface area contributed by atoms with Gasteiger partial charge in [-0.15, -0.1) is 0 Å². The number of hydrogen-bond donors (Lipinski definition) is 0. The molecule has 5 nitrogen and oxygen atoms in total. The topological polar surface area (TPSA) is 61.8 Å². The van der Waals surface area contributed by atoms with E-state index in [0.717, 1.165) is 17.4 Å². The summed E-state index contributed by atoms with van der Waals surface area (Å²) in [6, 6.07) is 19.6. The number of ether oxygens (including phenoxy) is 2. The third kappa shape index (κ3) is 3.84. The smallest absolute Gasteiger partial charge is 0.264 e. The molecule has 0 bridgehead atoms. The van der Waals surface area contributed by atoms with Crippen LogP contribution in [0.5, 0.6) is 0 Å². The molecule has 0 aliphatic carbocycles. The summed E-state index contributed by atoms with van der Waals surface area (Å²) in [7, 11) is -3.53. The number of hydrogen-bond acceptors (Lipinski definition) is 5. The van der Waals surface area contributed by atoms with Gasteiger partial charge in [0.1, 0.15) is 11.7 Å². The Balaban J connectivity index is 1.94. The molecule has 6 heteroatoms. The van der Waals surface area contributed by atoms with Crippen LogP contribution in [0.2, 0.25) is 0 Å². The van der Waals surface area contributed by atoms with Crippen LogP contribution < -0.4 is 0 Å². The minimum absolute atomic E-state index is 0.0692. The molecule has 0 saturated carbocycles. The molecule has 3 rings (SSSR count). The maximum Gasteiger partial charge on any atom is 0.264 e. The first-order valence-corrected chi connectivity index (χ1v) is 9.52. The molecule has 0 amide bonds. The van der Waals surface area contributed by atoms with Crippen molar-refractivity contribution in [1.29, 1.82) is 0 Å². The molecule has 1 saturated heterocycles. The second-order valence-corrected chi connectivity index (χ2v) is 7.45. The summed E-state index contributed by atoms with van der Waals surface area (Å²) < 4.78 is 39.5.